The summed E-state index contributed by atoms with van der Waals surface area (Å²) >= 11 is 0. The molecule has 0 fully saturated rings. The van der Waals surface area contributed by atoms with Gasteiger partial charge in [-0.05, 0) is 17.7 Å². The molecular weight excluding hydrogens is 259 g/mol. The molecule has 19 heavy (non-hydrogen) atoms. The second kappa shape index (κ2) is 5.40. The fraction of sp³-hybridized carbons (Fsp3) is 0.333. The summed E-state index contributed by atoms with van der Waals surface area (Å²) < 4.78 is 39.1. The lowest BCUT2D eigenvalue weighted by molar-refractivity contribution is -0.137. The molecule has 1 aromatic heterocycles. The van der Waals surface area contributed by atoms with Crippen LogP contribution in [-0.4, -0.2) is 26.7 Å². The quantitative estimate of drug-likeness (QED) is 0.923. The van der Waals surface area contributed by atoms with Gasteiger partial charge in [-0.15, -0.1) is 5.10 Å². The van der Waals surface area contributed by atoms with Gasteiger partial charge in [0.25, 0.3) is 0 Å². The molecule has 0 saturated heterocycles. The van der Waals surface area contributed by atoms with Crippen molar-refractivity contribution in [1.82, 2.24) is 15.0 Å². The molecular formula is C12H12F3N3O. The number of rotatable bonds is 4. The van der Waals surface area contributed by atoms with E-state index in [4.69, 9.17) is 5.11 Å². The lowest BCUT2D eigenvalue weighted by Crippen LogP contribution is -2.07. The second-order valence-electron chi connectivity index (χ2n) is 4.08. The SMILES string of the molecule is OCCc1cn(Cc2cccc(C(F)(F)F)c2)nn1. The van der Waals surface area contributed by atoms with Crippen LogP contribution in [0, 0.1) is 0 Å². The third-order valence-corrected chi connectivity index (χ3v) is 2.55. The van der Waals surface area contributed by atoms with Gasteiger partial charge in [-0.1, -0.05) is 17.3 Å². The summed E-state index contributed by atoms with van der Waals surface area (Å²) in [5, 5.41) is 16.3. The van der Waals surface area contributed by atoms with Crippen molar-refractivity contribution in [3.05, 3.63) is 47.3 Å². The highest BCUT2D eigenvalue weighted by Gasteiger charge is 2.30. The standard InChI is InChI=1S/C12H12F3N3O/c13-12(14,15)10-3-1-2-9(6-10)7-18-8-11(4-5-19)16-17-18/h1-3,6,8,19H,4-5,7H2. The molecule has 4 nitrogen and oxygen atoms in total. The van der Waals surface area contributed by atoms with E-state index < -0.39 is 11.7 Å². The average Bonchev–Trinajstić information content (AvgIpc) is 2.76. The van der Waals surface area contributed by atoms with E-state index in [0.717, 1.165) is 12.1 Å². The van der Waals surface area contributed by atoms with Gasteiger partial charge >= 0.3 is 6.18 Å². The largest absolute Gasteiger partial charge is 0.416 e. The topological polar surface area (TPSA) is 50.9 Å². The zero-order valence-corrected chi connectivity index (χ0v) is 9.93. The first kappa shape index (κ1) is 13.5. The van der Waals surface area contributed by atoms with E-state index in [-0.39, 0.29) is 13.2 Å². The summed E-state index contributed by atoms with van der Waals surface area (Å²) in [5.74, 6) is 0. The van der Waals surface area contributed by atoms with Crippen molar-refractivity contribution in [3.8, 4) is 0 Å². The molecule has 2 aromatic rings. The molecule has 0 saturated carbocycles. The maximum atomic E-state index is 12.5. The molecule has 0 atom stereocenters. The van der Waals surface area contributed by atoms with Gasteiger partial charge in [-0.25, -0.2) is 4.68 Å². The Morgan fingerprint density at radius 1 is 1.26 bits per heavy atom. The van der Waals surface area contributed by atoms with Crippen LogP contribution in [0.5, 0.6) is 0 Å². The van der Waals surface area contributed by atoms with Crippen LogP contribution >= 0.6 is 0 Å². The molecule has 1 N–H and O–H groups in total. The van der Waals surface area contributed by atoms with Crippen molar-refractivity contribution in [1.29, 1.82) is 0 Å². The monoisotopic (exact) mass is 271 g/mol. The highest BCUT2D eigenvalue weighted by atomic mass is 19.4. The second-order valence-corrected chi connectivity index (χ2v) is 4.08. The first-order chi connectivity index (χ1) is 8.99. The maximum Gasteiger partial charge on any atom is 0.416 e. The molecule has 1 aromatic carbocycles. The molecule has 102 valence electrons. The van der Waals surface area contributed by atoms with E-state index in [9.17, 15) is 13.2 Å². The number of halogens is 3. The molecule has 0 unspecified atom stereocenters. The van der Waals surface area contributed by atoms with E-state index >= 15 is 0 Å². The Morgan fingerprint density at radius 2 is 2.05 bits per heavy atom. The van der Waals surface area contributed by atoms with Crippen molar-refractivity contribution in [3.63, 3.8) is 0 Å². The number of benzene rings is 1. The first-order valence-electron chi connectivity index (χ1n) is 5.65. The molecule has 0 radical (unpaired) electrons. The molecule has 0 aliphatic carbocycles. The number of alkyl halides is 3. The highest BCUT2D eigenvalue weighted by Crippen LogP contribution is 2.29. The first-order valence-corrected chi connectivity index (χ1v) is 5.65. The van der Waals surface area contributed by atoms with Crippen molar-refractivity contribution >= 4 is 0 Å². The summed E-state index contributed by atoms with van der Waals surface area (Å²) in [6.07, 6.45) is -2.36. The van der Waals surface area contributed by atoms with Crippen LogP contribution in [0.4, 0.5) is 13.2 Å². The normalized spacial score (nSPS) is 11.8. The van der Waals surface area contributed by atoms with Crippen LogP contribution in [0.2, 0.25) is 0 Å². The summed E-state index contributed by atoms with van der Waals surface area (Å²) in [6.45, 7) is 0.171. The van der Waals surface area contributed by atoms with Crippen LogP contribution < -0.4 is 0 Å². The minimum atomic E-state index is -4.35. The van der Waals surface area contributed by atoms with Crippen LogP contribution in [0.25, 0.3) is 0 Å². The molecule has 0 aliphatic heterocycles. The van der Waals surface area contributed by atoms with Crippen molar-refractivity contribution in [2.45, 2.75) is 19.1 Å². The molecule has 0 aliphatic rings. The van der Waals surface area contributed by atoms with Crippen LogP contribution in [0.1, 0.15) is 16.8 Å². The molecule has 0 bridgehead atoms. The third kappa shape index (κ3) is 3.54. The van der Waals surface area contributed by atoms with Gasteiger partial charge in [0.15, 0.2) is 0 Å². The summed E-state index contributed by atoms with van der Waals surface area (Å²) in [4.78, 5) is 0. The molecule has 0 spiro atoms. The van der Waals surface area contributed by atoms with E-state index in [1.807, 2.05) is 0 Å². The number of nitrogens with zero attached hydrogens (tertiary/aromatic N) is 3. The zero-order chi connectivity index (χ0) is 13.9. The van der Waals surface area contributed by atoms with Crippen LogP contribution in [0.15, 0.2) is 30.5 Å². The Balaban J connectivity index is 2.14. The van der Waals surface area contributed by atoms with Gasteiger partial charge in [0.1, 0.15) is 0 Å². The number of aliphatic hydroxyl groups excluding tert-OH is 1. The van der Waals surface area contributed by atoms with Gasteiger partial charge in [-0.3, -0.25) is 0 Å². The predicted octanol–water partition coefficient (Wildman–Crippen LogP) is 1.88. The summed E-state index contributed by atoms with van der Waals surface area (Å²) in [7, 11) is 0. The number of aromatic nitrogens is 3. The Hall–Kier alpha value is -1.89. The Bertz CT molecular complexity index is 551. The van der Waals surface area contributed by atoms with E-state index in [2.05, 4.69) is 10.3 Å². The Kier molecular flexibility index (Phi) is 3.84. The molecule has 7 heteroatoms. The third-order valence-electron chi connectivity index (χ3n) is 2.55. The minimum absolute atomic E-state index is 0.0394. The lowest BCUT2D eigenvalue weighted by Gasteiger charge is -2.08. The van der Waals surface area contributed by atoms with Crippen molar-refractivity contribution in [2.75, 3.05) is 6.61 Å². The summed E-state index contributed by atoms with van der Waals surface area (Å²) in [5.41, 5.74) is 0.422. The van der Waals surface area contributed by atoms with Gasteiger partial charge < -0.3 is 5.11 Å². The van der Waals surface area contributed by atoms with Gasteiger partial charge in [0.2, 0.25) is 0 Å². The number of aliphatic hydroxyl groups is 1. The van der Waals surface area contributed by atoms with Crippen LogP contribution in [0.3, 0.4) is 0 Å². The Labute approximate surface area is 107 Å². The Morgan fingerprint density at radius 3 is 2.74 bits per heavy atom. The predicted molar refractivity (Wildman–Crippen MR) is 61.4 cm³/mol. The fourth-order valence-electron chi connectivity index (χ4n) is 1.68. The van der Waals surface area contributed by atoms with E-state index in [1.54, 1.807) is 12.3 Å². The van der Waals surface area contributed by atoms with Gasteiger partial charge in [0.05, 0.1) is 17.8 Å². The smallest absolute Gasteiger partial charge is 0.396 e. The van der Waals surface area contributed by atoms with Gasteiger partial charge in [-0.2, -0.15) is 13.2 Å². The van der Waals surface area contributed by atoms with Crippen molar-refractivity contribution in [2.24, 2.45) is 0 Å². The summed E-state index contributed by atoms with van der Waals surface area (Å²) in [6, 6.07) is 5.09. The fourth-order valence-corrected chi connectivity index (χ4v) is 1.68. The van der Waals surface area contributed by atoms with Crippen LogP contribution in [-0.2, 0) is 19.1 Å². The average molecular weight is 271 g/mol. The molecule has 2 rings (SSSR count). The number of hydrogen-bond donors (Lipinski definition) is 1. The number of hydrogen-bond acceptors (Lipinski definition) is 3. The van der Waals surface area contributed by atoms with Crippen molar-refractivity contribution < 1.29 is 18.3 Å². The van der Waals surface area contributed by atoms with E-state index in [0.29, 0.717) is 17.7 Å². The molecule has 0 amide bonds. The van der Waals surface area contributed by atoms with Gasteiger partial charge in [0, 0.05) is 19.2 Å². The highest BCUT2D eigenvalue weighted by molar-refractivity contribution is 5.25. The zero-order valence-electron chi connectivity index (χ0n) is 9.93. The molecule has 1 heterocycles. The lowest BCUT2D eigenvalue weighted by atomic mass is 10.1. The maximum absolute atomic E-state index is 12.5. The minimum Gasteiger partial charge on any atom is -0.396 e. The van der Waals surface area contributed by atoms with E-state index in [1.165, 1.54) is 10.7 Å².